The highest BCUT2D eigenvalue weighted by molar-refractivity contribution is 9.10. The Labute approximate surface area is 109 Å². The van der Waals surface area contributed by atoms with Crippen LogP contribution in [0, 0.1) is 0 Å². The van der Waals surface area contributed by atoms with Gasteiger partial charge in [0.25, 0.3) is 0 Å². The van der Waals surface area contributed by atoms with Crippen molar-refractivity contribution in [3.05, 3.63) is 22.3 Å². The van der Waals surface area contributed by atoms with E-state index in [1.165, 1.54) is 10.6 Å². The number of nitrogen functional groups attached to an aromatic ring is 1. The van der Waals surface area contributed by atoms with E-state index in [1.807, 2.05) is 6.07 Å². The summed E-state index contributed by atoms with van der Waals surface area (Å²) in [6.45, 7) is 1.10. The zero-order valence-corrected chi connectivity index (χ0v) is 11.8. The first kappa shape index (κ1) is 12.8. The third kappa shape index (κ3) is 2.78. The molecule has 1 atom stereocenters. The Morgan fingerprint density at radius 2 is 2.29 bits per heavy atom. The Morgan fingerprint density at radius 3 is 2.82 bits per heavy atom. The van der Waals surface area contributed by atoms with E-state index in [0.29, 0.717) is 18.9 Å². The number of nitrogens with two attached hydrogens (primary N) is 1. The number of anilines is 1. The number of hydrogen-bond donors (Lipinski definition) is 1. The molecule has 0 aliphatic carbocycles. The van der Waals surface area contributed by atoms with Crippen molar-refractivity contribution >= 4 is 31.8 Å². The molecule has 2 N–H and O–H groups in total. The summed E-state index contributed by atoms with van der Waals surface area (Å²) in [5, 5.41) is 0. The van der Waals surface area contributed by atoms with Crippen molar-refractivity contribution in [3.63, 3.8) is 0 Å². The lowest BCUT2D eigenvalue weighted by molar-refractivity contribution is 0.478. The zero-order chi connectivity index (χ0) is 12.6. The SMILES string of the molecule is CS(=O)(=O)N1CC[C@H](c2cnc(N)c(Br)c2)C1. The van der Waals surface area contributed by atoms with Crippen LogP contribution in [0.5, 0.6) is 0 Å². The van der Waals surface area contributed by atoms with Crippen LogP contribution in [0.4, 0.5) is 5.82 Å². The fraction of sp³-hybridized carbons (Fsp3) is 0.500. The first-order chi connectivity index (χ1) is 7.88. The van der Waals surface area contributed by atoms with Gasteiger partial charge in [-0.1, -0.05) is 0 Å². The average molecular weight is 320 g/mol. The van der Waals surface area contributed by atoms with Crippen LogP contribution in [0.25, 0.3) is 0 Å². The molecule has 0 saturated carbocycles. The Bertz CT molecular complexity index is 532. The number of hydrogen-bond acceptors (Lipinski definition) is 4. The molecule has 1 fully saturated rings. The molecule has 0 bridgehead atoms. The normalized spacial score (nSPS) is 21.9. The molecule has 1 aromatic rings. The second-order valence-corrected chi connectivity index (χ2v) is 7.08. The fourth-order valence-electron chi connectivity index (χ4n) is 1.99. The van der Waals surface area contributed by atoms with Crippen LogP contribution >= 0.6 is 15.9 Å². The standard InChI is InChI=1S/C10H14BrN3O2S/c1-17(15,16)14-3-2-7(6-14)8-4-9(11)10(12)13-5-8/h4-5,7H,2-3,6H2,1H3,(H2,12,13)/t7-/m0/s1. The van der Waals surface area contributed by atoms with Crippen LogP contribution in [0.2, 0.25) is 0 Å². The van der Waals surface area contributed by atoms with Crippen molar-refractivity contribution in [2.75, 3.05) is 25.1 Å². The van der Waals surface area contributed by atoms with Gasteiger partial charge in [0.15, 0.2) is 0 Å². The lowest BCUT2D eigenvalue weighted by Crippen LogP contribution is -2.27. The first-order valence-electron chi connectivity index (χ1n) is 5.24. The van der Waals surface area contributed by atoms with Crippen molar-refractivity contribution in [2.24, 2.45) is 0 Å². The summed E-state index contributed by atoms with van der Waals surface area (Å²) < 4.78 is 25.1. The number of pyridine rings is 1. The summed E-state index contributed by atoms with van der Waals surface area (Å²) in [7, 11) is -3.09. The molecular formula is C10H14BrN3O2S. The summed E-state index contributed by atoms with van der Waals surface area (Å²) in [6, 6.07) is 1.92. The van der Waals surface area contributed by atoms with E-state index in [-0.39, 0.29) is 5.92 Å². The van der Waals surface area contributed by atoms with Gasteiger partial charge in [0.05, 0.1) is 10.7 Å². The van der Waals surface area contributed by atoms with Crippen molar-refractivity contribution in [2.45, 2.75) is 12.3 Å². The number of halogens is 1. The maximum absolute atomic E-state index is 11.4. The Morgan fingerprint density at radius 1 is 1.59 bits per heavy atom. The predicted octanol–water partition coefficient (Wildman–Crippen LogP) is 1.18. The molecule has 5 nitrogen and oxygen atoms in total. The van der Waals surface area contributed by atoms with Gasteiger partial charge in [0.1, 0.15) is 5.82 Å². The number of rotatable bonds is 2. The molecule has 1 aliphatic heterocycles. The van der Waals surface area contributed by atoms with E-state index in [0.717, 1.165) is 16.5 Å². The van der Waals surface area contributed by atoms with Crippen molar-refractivity contribution < 1.29 is 8.42 Å². The minimum Gasteiger partial charge on any atom is -0.383 e. The lowest BCUT2D eigenvalue weighted by atomic mass is 10.0. The highest BCUT2D eigenvalue weighted by Crippen LogP contribution is 2.30. The summed E-state index contributed by atoms with van der Waals surface area (Å²) in [6.07, 6.45) is 3.79. The van der Waals surface area contributed by atoms with E-state index in [4.69, 9.17) is 5.73 Å². The predicted molar refractivity (Wildman–Crippen MR) is 70.1 cm³/mol. The third-order valence-corrected chi connectivity index (χ3v) is 4.89. The second kappa shape index (κ2) is 4.55. The summed E-state index contributed by atoms with van der Waals surface area (Å²) in [5.41, 5.74) is 6.64. The number of aromatic nitrogens is 1. The Balaban J connectivity index is 2.18. The van der Waals surface area contributed by atoms with Crippen molar-refractivity contribution in [1.29, 1.82) is 0 Å². The molecular weight excluding hydrogens is 306 g/mol. The molecule has 1 aromatic heterocycles. The molecule has 1 aliphatic rings. The smallest absolute Gasteiger partial charge is 0.211 e. The van der Waals surface area contributed by atoms with E-state index >= 15 is 0 Å². The number of nitrogens with zero attached hydrogens (tertiary/aromatic N) is 2. The number of sulfonamides is 1. The van der Waals surface area contributed by atoms with Crippen molar-refractivity contribution in [1.82, 2.24) is 9.29 Å². The molecule has 0 aromatic carbocycles. The Hall–Kier alpha value is -0.660. The van der Waals surface area contributed by atoms with Gasteiger partial charge < -0.3 is 5.73 Å². The molecule has 0 unspecified atom stereocenters. The molecule has 7 heteroatoms. The summed E-state index contributed by atoms with van der Waals surface area (Å²) in [5.74, 6) is 0.654. The largest absolute Gasteiger partial charge is 0.383 e. The van der Waals surface area contributed by atoms with Gasteiger partial charge in [-0.05, 0) is 34.0 Å². The molecule has 1 saturated heterocycles. The maximum atomic E-state index is 11.4. The van der Waals surface area contributed by atoms with Gasteiger partial charge in [-0.25, -0.2) is 17.7 Å². The van der Waals surface area contributed by atoms with Crippen LogP contribution in [0.1, 0.15) is 17.9 Å². The molecule has 0 amide bonds. The quantitative estimate of drug-likeness (QED) is 0.888. The highest BCUT2D eigenvalue weighted by atomic mass is 79.9. The Kier molecular flexibility index (Phi) is 3.42. The van der Waals surface area contributed by atoms with Crippen LogP contribution in [-0.4, -0.2) is 37.1 Å². The van der Waals surface area contributed by atoms with Gasteiger partial charge in [-0.15, -0.1) is 0 Å². The molecule has 2 rings (SSSR count). The van der Waals surface area contributed by atoms with Crippen LogP contribution in [-0.2, 0) is 10.0 Å². The third-order valence-electron chi connectivity index (χ3n) is 2.98. The molecule has 0 spiro atoms. The molecule has 2 heterocycles. The van der Waals surface area contributed by atoms with Crippen molar-refractivity contribution in [3.8, 4) is 0 Å². The minimum atomic E-state index is -3.09. The van der Waals surface area contributed by atoms with Crippen LogP contribution in [0.3, 0.4) is 0 Å². The van der Waals surface area contributed by atoms with Gasteiger partial charge in [0, 0.05) is 25.2 Å². The minimum absolute atomic E-state index is 0.203. The van der Waals surface area contributed by atoms with Gasteiger partial charge in [-0.3, -0.25) is 0 Å². The monoisotopic (exact) mass is 319 g/mol. The van der Waals surface area contributed by atoms with Gasteiger partial charge in [-0.2, -0.15) is 0 Å². The van der Waals surface area contributed by atoms with E-state index in [2.05, 4.69) is 20.9 Å². The topological polar surface area (TPSA) is 76.3 Å². The first-order valence-corrected chi connectivity index (χ1v) is 7.88. The summed E-state index contributed by atoms with van der Waals surface area (Å²) in [4.78, 5) is 4.07. The highest BCUT2D eigenvalue weighted by Gasteiger charge is 2.29. The average Bonchev–Trinajstić information content (AvgIpc) is 2.70. The van der Waals surface area contributed by atoms with Gasteiger partial charge in [0.2, 0.25) is 10.0 Å². The van der Waals surface area contributed by atoms with E-state index < -0.39 is 10.0 Å². The summed E-state index contributed by atoms with van der Waals surface area (Å²) >= 11 is 3.33. The molecule has 0 radical (unpaired) electrons. The van der Waals surface area contributed by atoms with Crippen LogP contribution in [0.15, 0.2) is 16.7 Å². The lowest BCUT2D eigenvalue weighted by Gasteiger charge is -2.13. The zero-order valence-electron chi connectivity index (χ0n) is 9.43. The van der Waals surface area contributed by atoms with Crippen LogP contribution < -0.4 is 5.73 Å². The van der Waals surface area contributed by atoms with E-state index in [9.17, 15) is 8.42 Å². The second-order valence-electron chi connectivity index (χ2n) is 4.24. The van der Waals surface area contributed by atoms with E-state index in [1.54, 1.807) is 6.20 Å². The molecule has 94 valence electrons. The maximum Gasteiger partial charge on any atom is 0.211 e. The van der Waals surface area contributed by atoms with Gasteiger partial charge >= 0.3 is 0 Å². The fourth-order valence-corrected chi connectivity index (χ4v) is 3.24. The molecule has 17 heavy (non-hydrogen) atoms.